The number of hydrogen-bond acceptors (Lipinski definition) is 3. The van der Waals surface area contributed by atoms with E-state index in [0.717, 1.165) is 30.6 Å². The van der Waals surface area contributed by atoms with E-state index in [1.54, 1.807) is 0 Å². The van der Waals surface area contributed by atoms with E-state index in [1.807, 2.05) is 36.0 Å². The van der Waals surface area contributed by atoms with Crippen molar-refractivity contribution >= 4 is 23.4 Å². The fourth-order valence-electron chi connectivity index (χ4n) is 2.75. The number of nitrogens with one attached hydrogen (secondary N) is 2. The van der Waals surface area contributed by atoms with E-state index in [2.05, 4.69) is 30.7 Å². The molecule has 1 unspecified atom stereocenters. The van der Waals surface area contributed by atoms with E-state index in [-0.39, 0.29) is 16.6 Å². The Labute approximate surface area is 125 Å². The van der Waals surface area contributed by atoms with Crippen LogP contribution in [0.25, 0.3) is 0 Å². The Morgan fingerprint density at radius 3 is 2.75 bits per heavy atom. The quantitative estimate of drug-likeness (QED) is 0.846. The maximum atomic E-state index is 12.4. The van der Waals surface area contributed by atoms with Gasteiger partial charge in [0.2, 0.25) is 5.91 Å². The maximum absolute atomic E-state index is 12.4. The standard InChI is InChI=1S/C16H24N2OS/c1-4-16(5-2,20-3)11-18-15(19)13-10-17-14-9-7-6-8-12(13)14/h6-9,13,17H,4-5,10-11H2,1-3H3,(H,18,19). The zero-order chi connectivity index (χ0) is 14.6. The predicted octanol–water partition coefficient (Wildman–Crippen LogP) is 3.23. The molecule has 3 nitrogen and oxygen atoms in total. The number of hydrogen-bond donors (Lipinski definition) is 2. The number of benzene rings is 1. The Bertz CT molecular complexity index is 463. The monoisotopic (exact) mass is 292 g/mol. The summed E-state index contributed by atoms with van der Waals surface area (Å²) in [5.74, 6) is 0.0854. The third-order valence-electron chi connectivity index (χ3n) is 4.46. The highest BCUT2D eigenvalue weighted by molar-refractivity contribution is 8.00. The predicted molar refractivity (Wildman–Crippen MR) is 87.5 cm³/mol. The topological polar surface area (TPSA) is 41.1 Å². The molecule has 110 valence electrons. The van der Waals surface area contributed by atoms with E-state index in [1.165, 1.54) is 0 Å². The Kier molecular flexibility index (Phi) is 4.97. The molecule has 0 saturated heterocycles. The first-order valence-corrected chi connectivity index (χ1v) is 8.54. The highest BCUT2D eigenvalue weighted by Gasteiger charge is 2.31. The number of carbonyl (C=O) groups excluding carboxylic acids is 1. The van der Waals surface area contributed by atoms with Gasteiger partial charge in [-0.05, 0) is 30.7 Å². The fraction of sp³-hybridized carbons (Fsp3) is 0.562. The molecule has 20 heavy (non-hydrogen) atoms. The van der Waals surface area contributed by atoms with Crippen LogP contribution in [0.2, 0.25) is 0 Å². The van der Waals surface area contributed by atoms with Gasteiger partial charge in [0.25, 0.3) is 0 Å². The van der Waals surface area contributed by atoms with Gasteiger partial charge in [0.15, 0.2) is 0 Å². The molecule has 2 rings (SSSR count). The molecule has 0 aromatic heterocycles. The van der Waals surface area contributed by atoms with E-state index in [0.29, 0.717) is 6.54 Å². The molecule has 1 amide bonds. The van der Waals surface area contributed by atoms with E-state index in [4.69, 9.17) is 0 Å². The van der Waals surface area contributed by atoms with Crippen molar-refractivity contribution in [3.63, 3.8) is 0 Å². The normalized spacial score (nSPS) is 17.4. The van der Waals surface area contributed by atoms with Gasteiger partial charge in [0, 0.05) is 23.5 Å². The Hall–Kier alpha value is -1.16. The van der Waals surface area contributed by atoms with E-state index in [9.17, 15) is 4.79 Å². The molecule has 1 aliphatic rings. The van der Waals surface area contributed by atoms with Gasteiger partial charge in [-0.3, -0.25) is 4.79 Å². The summed E-state index contributed by atoms with van der Waals surface area (Å²) in [7, 11) is 0. The summed E-state index contributed by atoms with van der Waals surface area (Å²) in [5, 5.41) is 6.46. The smallest absolute Gasteiger partial charge is 0.229 e. The molecule has 0 saturated carbocycles. The molecule has 4 heteroatoms. The second-order valence-corrected chi connectivity index (χ2v) is 6.61. The first-order valence-electron chi connectivity index (χ1n) is 7.31. The SMILES string of the molecule is CCC(CC)(CNC(=O)C1CNc2ccccc21)SC. The molecule has 0 aliphatic carbocycles. The Morgan fingerprint density at radius 2 is 2.10 bits per heavy atom. The van der Waals surface area contributed by atoms with Crippen LogP contribution in [0.3, 0.4) is 0 Å². The molecule has 1 aliphatic heterocycles. The summed E-state index contributed by atoms with van der Waals surface area (Å²) in [5.41, 5.74) is 2.21. The van der Waals surface area contributed by atoms with Gasteiger partial charge in [0.05, 0.1) is 5.92 Å². The van der Waals surface area contributed by atoms with Crippen LogP contribution >= 0.6 is 11.8 Å². The minimum absolute atomic E-state index is 0.0560. The first kappa shape index (κ1) is 15.2. The molecule has 0 fully saturated rings. The largest absolute Gasteiger partial charge is 0.384 e. The number of thioether (sulfide) groups is 1. The van der Waals surface area contributed by atoms with Gasteiger partial charge < -0.3 is 10.6 Å². The molecule has 0 bridgehead atoms. The third-order valence-corrected chi connectivity index (χ3v) is 6.04. The zero-order valence-corrected chi connectivity index (χ0v) is 13.3. The van der Waals surface area contributed by atoms with Crippen molar-refractivity contribution < 1.29 is 4.79 Å². The molecule has 2 N–H and O–H groups in total. The van der Waals surface area contributed by atoms with Crippen molar-refractivity contribution in [2.24, 2.45) is 0 Å². The first-order chi connectivity index (χ1) is 9.65. The summed E-state index contributed by atoms with van der Waals surface area (Å²) < 4.78 is 0.168. The van der Waals surface area contributed by atoms with Crippen molar-refractivity contribution in [3.8, 4) is 0 Å². The van der Waals surface area contributed by atoms with Crippen LogP contribution in [0.5, 0.6) is 0 Å². The van der Waals surface area contributed by atoms with E-state index < -0.39 is 0 Å². The van der Waals surface area contributed by atoms with Crippen LogP contribution in [-0.4, -0.2) is 30.0 Å². The minimum atomic E-state index is -0.0560. The fourth-order valence-corrected chi connectivity index (χ4v) is 3.54. The lowest BCUT2D eigenvalue weighted by Crippen LogP contribution is -2.41. The summed E-state index contributed by atoms with van der Waals surface area (Å²) in [6, 6.07) is 8.07. The molecule has 1 aromatic carbocycles. The number of anilines is 1. The van der Waals surface area contributed by atoms with Crippen molar-refractivity contribution in [3.05, 3.63) is 29.8 Å². The third kappa shape index (κ3) is 2.95. The summed E-state index contributed by atoms with van der Waals surface area (Å²) in [6.45, 7) is 5.84. The molecule has 0 spiro atoms. The summed E-state index contributed by atoms with van der Waals surface area (Å²) in [6.07, 6.45) is 4.28. The molecule has 1 atom stereocenters. The van der Waals surface area contributed by atoms with Crippen molar-refractivity contribution in [1.82, 2.24) is 5.32 Å². The maximum Gasteiger partial charge on any atom is 0.229 e. The van der Waals surface area contributed by atoms with Gasteiger partial charge in [0.1, 0.15) is 0 Å². The second kappa shape index (κ2) is 6.53. The molecular formula is C16H24N2OS. The lowest BCUT2D eigenvalue weighted by atomic mass is 9.99. The van der Waals surface area contributed by atoms with Crippen LogP contribution in [0, 0.1) is 0 Å². The van der Waals surface area contributed by atoms with Crippen molar-refractivity contribution in [2.45, 2.75) is 37.4 Å². The number of rotatable bonds is 6. The Morgan fingerprint density at radius 1 is 1.40 bits per heavy atom. The average Bonchev–Trinajstić information content (AvgIpc) is 2.93. The van der Waals surface area contributed by atoms with Crippen LogP contribution in [0.1, 0.15) is 38.2 Å². The van der Waals surface area contributed by atoms with E-state index >= 15 is 0 Å². The van der Waals surface area contributed by atoms with Crippen LogP contribution in [-0.2, 0) is 4.79 Å². The molecular weight excluding hydrogens is 268 g/mol. The van der Waals surface area contributed by atoms with Crippen LogP contribution in [0.15, 0.2) is 24.3 Å². The van der Waals surface area contributed by atoms with Gasteiger partial charge in [-0.15, -0.1) is 0 Å². The summed E-state index contributed by atoms with van der Waals surface area (Å²) in [4.78, 5) is 12.4. The van der Waals surface area contributed by atoms with Crippen molar-refractivity contribution in [1.29, 1.82) is 0 Å². The highest BCUT2D eigenvalue weighted by atomic mass is 32.2. The molecule has 1 aromatic rings. The number of para-hydroxylation sites is 1. The molecule has 1 heterocycles. The van der Waals surface area contributed by atoms with Gasteiger partial charge in [-0.25, -0.2) is 0 Å². The zero-order valence-electron chi connectivity index (χ0n) is 12.5. The van der Waals surface area contributed by atoms with Gasteiger partial charge in [-0.2, -0.15) is 11.8 Å². The number of amides is 1. The number of carbonyl (C=O) groups is 1. The second-order valence-electron chi connectivity index (χ2n) is 5.33. The summed E-state index contributed by atoms with van der Waals surface area (Å²) >= 11 is 1.86. The molecule has 0 radical (unpaired) electrons. The lowest BCUT2D eigenvalue weighted by Gasteiger charge is -2.30. The lowest BCUT2D eigenvalue weighted by molar-refractivity contribution is -0.122. The van der Waals surface area contributed by atoms with Gasteiger partial charge >= 0.3 is 0 Å². The van der Waals surface area contributed by atoms with Crippen molar-refractivity contribution in [2.75, 3.05) is 24.7 Å². The average molecular weight is 292 g/mol. The number of fused-ring (bicyclic) bond motifs is 1. The highest BCUT2D eigenvalue weighted by Crippen LogP contribution is 2.32. The van der Waals surface area contributed by atoms with Gasteiger partial charge in [-0.1, -0.05) is 32.0 Å². The van der Waals surface area contributed by atoms with Crippen LogP contribution in [0.4, 0.5) is 5.69 Å². The minimum Gasteiger partial charge on any atom is -0.384 e. The van der Waals surface area contributed by atoms with Crippen LogP contribution < -0.4 is 10.6 Å². The Balaban J connectivity index is 2.00.